The highest BCUT2D eigenvalue weighted by Gasteiger charge is 2.30. The van der Waals surface area contributed by atoms with E-state index >= 15 is 0 Å². The Morgan fingerprint density at radius 2 is 1.81 bits per heavy atom. The molecule has 1 aliphatic rings. The van der Waals surface area contributed by atoms with Gasteiger partial charge in [-0.2, -0.15) is 0 Å². The standard InChI is InChI=1S/C16H23N3O2/c1-12(20)19(15-8-9-15)11-10-16(21)17-13-4-6-14(7-5-13)18(2)3/h4-7,15H,8-11H2,1-3H3,(H,17,21). The minimum atomic E-state index is -0.0560. The highest BCUT2D eigenvalue weighted by molar-refractivity contribution is 5.91. The van der Waals surface area contributed by atoms with Crippen LogP contribution in [-0.2, 0) is 9.59 Å². The van der Waals surface area contributed by atoms with Crippen LogP contribution in [0.15, 0.2) is 24.3 Å². The smallest absolute Gasteiger partial charge is 0.226 e. The van der Waals surface area contributed by atoms with Crippen LogP contribution in [0.1, 0.15) is 26.2 Å². The summed E-state index contributed by atoms with van der Waals surface area (Å²) in [6, 6.07) is 8.05. The Bertz CT molecular complexity index is 507. The molecule has 0 heterocycles. The molecule has 2 rings (SSSR count). The topological polar surface area (TPSA) is 52.7 Å². The zero-order valence-electron chi connectivity index (χ0n) is 12.9. The van der Waals surface area contributed by atoms with Crippen molar-refractivity contribution >= 4 is 23.2 Å². The van der Waals surface area contributed by atoms with E-state index in [0.29, 0.717) is 19.0 Å². The lowest BCUT2D eigenvalue weighted by molar-refractivity contribution is -0.129. The molecule has 0 radical (unpaired) electrons. The average Bonchev–Trinajstić information content (AvgIpc) is 3.23. The van der Waals surface area contributed by atoms with Crippen LogP contribution in [0.5, 0.6) is 0 Å². The van der Waals surface area contributed by atoms with Crippen LogP contribution in [0.4, 0.5) is 11.4 Å². The van der Waals surface area contributed by atoms with Crippen LogP contribution in [0.2, 0.25) is 0 Å². The zero-order chi connectivity index (χ0) is 15.4. The first-order chi connectivity index (χ1) is 9.97. The second-order valence-corrected chi connectivity index (χ2v) is 5.68. The molecule has 0 bridgehead atoms. The van der Waals surface area contributed by atoms with Crippen LogP contribution < -0.4 is 10.2 Å². The van der Waals surface area contributed by atoms with Crippen molar-refractivity contribution in [2.24, 2.45) is 0 Å². The molecule has 0 spiro atoms. The van der Waals surface area contributed by atoms with Crippen molar-refractivity contribution in [1.82, 2.24) is 4.90 Å². The minimum absolute atomic E-state index is 0.0560. The number of carbonyl (C=O) groups excluding carboxylic acids is 2. The number of carbonyl (C=O) groups is 2. The van der Waals surface area contributed by atoms with Gasteiger partial charge in [-0.05, 0) is 37.1 Å². The number of nitrogens with zero attached hydrogens (tertiary/aromatic N) is 2. The molecule has 1 fully saturated rings. The third kappa shape index (κ3) is 4.48. The number of hydrogen-bond acceptors (Lipinski definition) is 3. The lowest BCUT2D eigenvalue weighted by Crippen LogP contribution is -2.33. The summed E-state index contributed by atoms with van der Waals surface area (Å²) in [5.74, 6) is 0.000129. The molecule has 21 heavy (non-hydrogen) atoms. The van der Waals surface area contributed by atoms with Crippen LogP contribution in [-0.4, -0.2) is 43.4 Å². The number of nitrogens with one attached hydrogen (secondary N) is 1. The lowest BCUT2D eigenvalue weighted by atomic mass is 10.2. The van der Waals surface area contributed by atoms with Crippen LogP contribution >= 0.6 is 0 Å². The van der Waals surface area contributed by atoms with Crippen molar-refractivity contribution in [3.05, 3.63) is 24.3 Å². The monoisotopic (exact) mass is 289 g/mol. The Morgan fingerprint density at radius 3 is 2.29 bits per heavy atom. The van der Waals surface area contributed by atoms with Gasteiger partial charge in [0.2, 0.25) is 11.8 Å². The normalized spacial score (nSPS) is 13.7. The molecule has 2 amide bonds. The third-order valence-electron chi connectivity index (χ3n) is 3.64. The van der Waals surface area contributed by atoms with E-state index in [1.807, 2.05) is 43.3 Å². The number of hydrogen-bond donors (Lipinski definition) is 1. The molecule has 1 saturated carbocycles. The van der Waals surface area contributed by atoms with E-state index in [-0.39, 0.29) is 11.8 Å². The van der Waals surface area contributed by atoms with E-state index in [1.54, 1.807) is 11.8 Å². The van der Waals surface area contributed by atoms with E-state index < -0.39 is 0 Å². The third-order valence-corrected chi connectivity index (χ3v) is 3.64. The fraction of sp³-hybridized carbons (Fsp3) is 0.500. The van der Waals surface area contributed by atoms with Crippen molar-refractivity contribution in [3.8, 4) is 0 Å². The highest BCUT2D eigenvalue weighted by Crippen LogP contribution is 2.27. The summed E-state index contributed by atoms with van der Waals surface area (Å²) in [6.07, 6.45) is 2.46. The molecule has 0 unspecified atom stereocenters. The fourth-order valence-corrected chi connectivity index (χ4v) is 2.27. The Balaban J connectivity index is 1.82. The molecule has 0 aliphatic heterocycles. The van der Waals surface area contributed by atoms with Gasteiger partial charge in [0, 0.05) is 51.4 Å². The van der Waals surface area contributed by atoms with Gasteiger partial charge in [0.25, 0.3) is 0 Å². The number of benzene rings is 1. The summed E-state index contributed by atoms with van der Waals surface area (Å²) in [4.78, 5) is 27.2. The summed E-state index contributed by atoms with van der Waals surface area (Å²) in [5, 5.41) is 2.87. The molecule has 5 heteroatoms. The van der Waals surface area contributed by atoms with Crippen LogP contribution in [0.25, 0.3) is 0 Å². The van der Waals surface area contributed by atoms with Gasteiger partial charge >= 0.3 is 0 Å². The van der Waals surface area contributed by atoms with Gasteiger partial charge in [0.15, 0.2) is 0 Å². The Hall–Kier alpha value is -2.04. The molecule has 0 atom stereocenters. The SMILES string of the molecule is CC(=O)N(CCC(=O)Nc1ccc(N(C)C)cc1)C1CC1. The Kier molecular flexibility index (Phi) is 4.83. The van der Waals surface area contributed by atoms with Crippen molar-refractivity contribution in [2.45, 2.75) is 32.2 Å². The van der Waals surface area contributed by atoms with E-state index in [4.69, 9.17) is 0 Å². The zero-order valence-corrected chi connectivity index (χ0v) is 12.9. The molecule has 0 saturated heterocycles. The largest absolute Gasteiger partial charge is 0.378 e. The van der Waals surface area contributed by atoms with Gasteiger partial charge in [0.05, 0.1) is 0 Å². The van der Waals surface area contributed by atoms with E-state index in [0.717, 1.165) is 24.2 Å². The maximum absolute atomic E-state index is 11.9. The van der Waals surface area contributed by atoms with Crippen molar-refractivity contribution in [3.63, 3.8) is 0 Å². The maximum Gasteiger partial charge on any atom is 0.226 e. The minimum Gasteiger partial charge on any atom is -0.378 e. The molecule has 114 valence electrons. The summed E-state index contributed by atoms with van der Waals surface area (Å²) in [7, 11) is 3.95. The Morgan fingerprint density at radius 1 is 1.19 bits per heavy atom. The fourth-order valence-electron chi connectivity index (χ4n) is 2.27. The predicted molar refractivity (Wildman–Crippen MR) is 84.4 cm³/mol. The molecule has 1 N–H and O–H groups in total. The van der Waals surface area contributed by atoms with Gasteiger partial charge in [-0.15, -0.1) is 0 Å². The molecule has 5 nitrogen and oxygen atoms in total. The molecule has 0 aromatic heterocycles. The van der Waals surface area contributed by atoms with E-state index in [9.17, 15) is 9.59 Å². The van der Waals surface area contributed by atoms with Gasteiger partial charge in [-0.25, -0.2) is 0 Å². The number of rotatable bonds is 6. The second kappa shape index (κ2) is 6.61. The van der Waals surface area contributed by atoms with E-state index in [1.165, 1.54) is 0 Å². The first-order valence-corrected chi connectivity index (χ1v) is 7.32. The molecule has 1 aliphatic carbocycles. The summed E-state index contributed by atoms with van der Waals surface area (Å²) in [5.41, 5.74) is 1.87. The van der Waals surface area contributed by atoms with Crippen molar-refractivity contribution in [2.75, 3.05) is 30.9 Å². The first-order valence-electron chi connectivity index (χ1n) is 7.32. The van der Waals surface area contributed by atoms with E-state index in [2.05, 4.69) is 5.32 Å². The molecular formula is C16H23N3O2. The van der Waals surface area contributed by atoms with Gasteiger partial charge in [0.1, 0.15) is 0 Å². The van der Waals surface area contributed by atoms with Crippen molar-refractivity contribution < 1.29 is 9.59 Å². The van der Waals surface area contributed by atoms with Gasteiger partial charge in [-0.3, -0.25) is 9.59 Å². The number of anilines is 2. The van der Waals surface area contributed by atoms with Gasteiger partial charge < -0.3 is 15.1 Å². The molecular weight excluding hydrogens is 266 g/mol. The predicted octanol–water partition coefficient (Wildman–Crippen LogP) is 2.09. The van der Waals surface area contributed by atoms with Crippen LogP contribution in [0, 0.1) is 0 Å². The van der Waals surface area contributed by atoms with Crippen molar-refractivity contribution in [1.29, 1.82) is 0 Å². The van der Waals surface area contributed by atoms with Gasteiger partial charge in [-0.1, -0.05) is 0 Å². The maximum atomic E-state index is 11.9. The molecule has 1 aromatic carbocycles. The quantitative estimate of drug-likeness (QED) is 0.872. The summed E-state index contributed by atoms with van der Waals surface area (Å²) >= 11 is 0. The first kappa shape index (κ1) is 15.4. The molecule has 1 aromatic rings. The summed E-state index contributed by atoms with van der Waals surface area (Å²) in [6.45, 7) is 2.07. The second-order valence-electron chi connectivity index (χ2n) is 5.68. The average molecular weight is 289 g/mol. The lowest BCUT2D eigenvalue weighted by Gasteiger charge is -2.20. The highest BCUT2D eigenvalue weighted by atomic mass is 16.2. The van der Waals surface area contributed by atoms with Crippen LogP contribution in [0.3, 0.4) is 0 Å². The number of amides is 2. The summed E-state index contributed by atoms with van der Waals surface area (Å²) < 4.78 is 0. The Labute approximate surface area is 125 Å².